The first-order chi connectivity index (χ1) is 2.89. The number of carbonyl (C=O) groups excluding carboxylic acids is 1. The molecule has 0 aromatic heterocycles. The molecule has 1 heterocycles. The summed E-state index contributed by atoms with van der Waals surface area (Å²) in [5.41, 5.74) is 0. The molecule has 0 fully saturated rings. The fourth-order valence-electron chi connectivity index (χ4n) is 0.285. The Balaban J connectivity index is 2.86. The molecule has 0 N–H and O–H groups in total. The van der Waals surface area contributed by atoms with Gasteiger partial charge in [0.05, 0.1) is 6.08 Å². The minimum absolute atomic E-state index is 0.157. The standard InChI is InChI=1S/C4H3NO/c6-4-2-1-3-5-4/h1-3H/q+1. The van der Waals surface area contributed by atoms with Crippen LogP contribution in [-0.4, -0.2) is 12.1 Å². The molecule has 0 aromatic rings. The number of nitrogens with zero attached hydrogens (tertiary/aromatic N) is 1. The lowest BCUT2D eigenvalue weighted by atomic mass is 10.6. The van der Waals surface area contributed by atoms with Crippen molar-refractivity contribution in [1.82, 2.24) is 4.99 Å². The van der Waals surface area contributed by atoms with Gasteiger partial charge in [-0.15, -0.1) is 0 Å². The van der Waals surface area contributed by atoms with Gasteiger partial charge in [-0.05, 0) is 0 Å². The topological polar surface area (TPSA) is 31.2 Å². The van der Waals surface area contributed by atoms with E-state index in [-0.39, 0.29) is 5.91 Å². The zero-order valence-corrected chi connectivity index (χ0v) is 3.09. The Morgan fingerprint density at radius 2 is 2.50 bits per heavy atom. The molecule has 2 heteroatoms. The number of carbonyl (C=O) groups is 1. The van der Waals surface area contributed by atoms with Gasteiger partial charge in [0.15, 0.2) is 0 Å². The van der Waals surface area contributed by atoms with Crippen LogP contribution < -0.4 is 4.99 Å². The monoisotopic (exact) mass is 81.0 g/mol. The van der Waals surface area contributed by atoms with Gasteiger partial charge in [0.2, 0.25) is 6.21 Å². The van der Waals surface area contributed by atoms with E-state index in [1.807, 2.05) is 0 Å². The van der Waals surface area contributed by atoms with E-state index in [1.54, 1.807) is 6.08 Å². The van der Waals surface area contributed by atoms with Crippen molar-refractivity contribution in [2.45, 2.75) is 0 Å². The van der Waals surface area contributed by atoms with Crippen LogP contribution in [-0.2, 0) is 4.79 Å². The van der Waals surface area contributed by atoms with Crippen molar-refractivity contribution in [1.29, 1.82) is 0 Å². The number of aliphatic imine (C=N–C) groups is 1. The molecule has 1 aliphatic heterocycles. The second-order valence-electron chi connectivity index (χ2n) is 0.976. The third-order valence-electron chi connectivity index (χ3n) is 0.527. The lowest BCUT2D eigenvalue weighted by Crippen LogP contribution is -1.92. The number of amides is 1. The molecule has 0 bridgehead atoms. The van der Waals surface area contributed by atoms with Gasteiger partial charge in [-0.25, -0.2) is 4.79 Å². The maximum Gasteiger partial charge on any atom is 0.476 e. The van der Waals surface area contributed by atoms with Crippen LogP contribution in [0.5, 0.6) is 0 Å². The van der Waals surface area contributed by atoms with Gasteiger partial charge < -0.3 is 0 Å². The smallest absolute Gasteiger partial charge is 0.208 e. The summed E-state index contributed by atoms with van der Waals surface area (Å²) < 4.78 is 0. The lowest BCUT2D eigenvalue weighted by molar-refractivity contribution is -0.114. The Hall–Kier alpha value is -0.920. The Kier molecular flexibility index (Phi) is 0.572. The van der Waals surface area contributed by atoms with Crippen LogP contribution in [0.4, 0.5) is 0 Å². The summed E-state index contributed by atoms with van der Waals surface area (Å²) in [5, 5.41) is 0. The molecule has 0 spiro atoms. The molecule has 1 radical (unpaired) electrons. The second-order valence-corrected chi connectivity index (χ2v) is 0.976. The van der Waals surface area contributed by atoms with Crippen molar-refractivity contribution in [2.75, 3.05) is 0 Å². The highest BCUT2D eigenvalue weighted by molar-refractivity contribution is 6.01. The van der Waals surface area contributed by atoms with Gasteiger partial charge in [-0.3, -0.25) is 0 Å². The SMILES string of the molecule is O=C1C=CC=[N+]1. The van der Waals surface area contributed by atoms with E-state index >= 15 is 0 Å². The fraction of sp³-hybridized carbons (Fsp3) is 0. The molecule has 0 atom stereocenters. The van der Waals surface area contributed by atoms with E-state index in [0.29, 0.717) is 0 Å². The molecule has 0 aromatic carbocycles. The van der Waals surface area contributed by atoms with E-state index in [0.717, 1.165) is 0 Å². The van der Waals surface area contributed by atoms with Crippen molar-refractivity contribution < 1.29 is 4.79 Å². The molecule has 0 aliphatic carbocycles. The molecule has 1 rings (SSSR count). The zero-order valence-electron chi connectivity index (χ0n) is 3.09. The summed E-state index contributed by atoms with van der Waals surface area (Å²) in [4.78, 5) is 13.3. The Morgan fingerprint density at radius 1 is 1.67 bits per heavy atom. The Labute approximate surface area is 35.2 Å². The number of hydrogen-bond acceptors (Lipinski definition) is 1. The summed E-state index contributed by atoms with van der Waals surface area (Å²) in [6.45, 7) is 0. The average molecular weight is 81.1 g/mol. The molecule has 0 saturated carbocycles. The first kappa shape index (κ1) is 3.28. The van der Waals surface area contributed by atoms with Gasteiger partial charge >= 0.3 is 5.91 Å². The van der Waals surface area contributed by atoms with Crippen molar-refractivity contribution >= 4 is 12.1 Å². The summed E-state index contributed by atoms with van der Waals surface area (Å²) in [5.74, 6) is -0.157. The van der Waals surface area contributed by atoms with E-state index in [2.05, 4.69) is 4.99 Å². The van der Waals surface area contributed by atoms with Gasteiger partial charge in [0.25, 0.3) is 0 Å². The van der Waals surface area contributed by atoms with Crippen LogP contribution in [0.2, 0.25) is 0 Å². The van der Waals surface area contributed by atoms with Gasteiger partial charge in [-0.2, -0.15) is 0 Å². The summed E-state index contributed by atoms with van der Waals surface area (Å²) in [6, 6.07) is 0. The molecular formula is C4H3NO+. The third-order valence-corrected chi connectivity index (χ3v) is 0.527. The maximum absolute atomic E-state index is 9.96. The van der Waals surface area contributed by atoms with Crippen molar-refractivity contribution in [2.24, 2.45) is 0 Å². The zero-order chi connectivity index (χ0) is 4.41. The summed E-state index contributed by atoms with van der Waals surface area (Å²) >= 11 is 0. The fourth-order valence-corrected chi connectivity index (χ4v) is 0.285. The number of hydrogen-bond donors (Lipinski definition) is 0. The molecule has 1 aliphatic rings. The third kappa shape index (κ3) is 0.360. The molecular weight excluding hydrogens is 78.0 g/mol. The van der Waals surface area contributed by atoms with Gasteiger partial charge in [-0.1, -0.05) is 0 Å². The highest BCUT2D eigenvalue weighted by atomic mass is 16.1. The van der Waals surface area contributed by atoms with E-state index in [9.17, 15) is 4.79 Å². The minimum atomic E-state index is -0.157. The normalized spacial score (nSPS) is 17.0. The molecule has 1 amide bonds. The summed E-state index contributed by atoms with van der Waals surface area (Å²) in [7, 11) is 0. The average Bonchev–Trinajstić information content (AvgIpc) is 1.86. The molecule has 6 heavy (non-hydrogen) atoms. The van der Waals surface area contributed by atoms with Crippen LogP contribution in [0.15, 0.2) is 12.2 Å². The van der Waals surface area contributed by atoms with E-state index < -0.39 is 0 Å². The molecule has 0 unspecified atom stereocenters. The Morgan fingerprint density at radius 3 is 2.67 bits per heavy atom. The van der Waals surface area contributed by atoms with Gasteiger partial charge in [0, 0.05) is 6.08 Å². The largest absolute Gasteiger partial charge is 0.476 e. The predicted octanol–water partition coefficient (Wildman–Crippen LogP) is -0.511. The van der Waals surface area contributed by atoms with E-state index in [4.69, 9.17) is 0 Å². The van der Waals surface area contributed by atoms with Crippen molar-refractivity contribution in [3.63, 3.8) is 0 Å². The van der Waals surface area contributed by atoms with E-state index in [1.165, 1.54) is 12.3 Å². The maximum atomic E-state index is 9.96. The highest BCUT2D eigenvalue weighted by Gasteiger charge is 2.08. The van der Waals surface area contributed by atoms with Crippen LogP contribution >= 0.6 is 0 Å². The van der Waals surface area contributed by atoms with Crippen LogP contribution in [0, 0.1) is 0 Å². The van der Waals surface area contributed by atoms with Crippen molar-refractivity contribution in [3.8, 4) is 0 Å². The Bertz CT molecular complexity index is 110. The highest BCUT2D eigenvalue weighted by Crippen LogP contribution is 1.72. The predicted molar refractivity (Wildman–Crippen MR) is 22.3 cm³/mol. The van der Waals surface area contributed by atoms with Crippen LogP contribution in [0.3, 0.4) is 0 Å². The van der Waals surface area contributed by atoms with Crippen molar-refractivity contribution in [3.05, 3.63) is 12.2 Å². The molecule has 29 valence electrons. The van der Waals surface area contributed by atoms with Crippen LogP contribution in [0.1, 0.15) is 0 Å². The molecule has 0 saturated heterocycles. The summed E-state index contributed by atoms with van der Waals surface area (Å²) in [6.07, 6.45) is 4.50. The minimum Gasteiger partial charge on any atom is -0.208 e. The van der Waals surface area contributed by atoms with Gasteiger partial charge in [0.1, 0.15) is 4.99 Å². The first-order valence-electron chi connectivity index (χ1n) is 1.64. The number of rotatable bonds is 0. The molecule has 2 nitrogen and oxygen atoms in total. The quantitative estimate of drug-likeness (QED) is 0.386. The first-order valence-corrected chi connectivity index (χ1v) is 1.64. The second kappa shape index (κ2) is 1.05. The number of allylic oxidation sites excluding steroid dienone is 1. The van der Waals surface area contributed by atoms with Crippen LogP contribution in [0.25, 0.3) is 0 Å². The lowest BCUT2D eigenvalue weighted by Gasteiger charge is -1.44.